The van der Waals surface area contributed by atoms with Crippen molar-refractivity contribution in [1.29, 1.82) is 0 Å². The van der Waals surface area contributed by atoms with Crippen molar-refractivity contribution in [3.63, 3.8) is 0 Å². The van der Waals surface area contributed by atoms with Crippen molar-refractivity contribution in [2.24, 2.45) is 5.73 Å². The summed E-state index contributed by atoms with van der Waals surface area (Å²) in [5.74, 6) is 1.31. The van der Waals surface area contributed by atoms with E-state index in [9.17, 15) is 0 Å². The van der Waals surface area contributed by atoms with Crippen LogP contribution in [0.1, 0.15) is 32.1 Å². The molecule has 78 valence electrons. The van der Waals surface area contributed by atoms with Gasteiger partial charge < -0.3 is 10.5 Å². The Morgan fingerprint density at radius 1 is 1.54 bits per heavy atom. The highest BCUT2D eigenvalue weighted by Crippen LogP contribution is 2.28. The van der Waals surface area contributed by atoms with Crippen molar-refractivity contribution in [2.75, 3.05) is 19.5 Å². The van der Waals surface area contributed by atoms with E-state index in [2.05, 4.69) is 11.8 Å². The highest BCUT2D eigenvalue weighted by molar-refractivity contribution is 8.00. The Labute approximate surface area is 85.6 Å². The van der Waals surface area contributed by atoms with E-state index in [-0.39, 0.29) is 0 Å². The van der Waals surface area contributed by atoms with E-state index in [0.29, 0.717) is 11.3 Å². The third-order valence-corrected chi connectivity index (χ3v) is 4.12. The van der Waals surface area contributed by atoms with E-state index < -0.39 is 0 Å². The number of rotatable bonds is 5. The molecule has 2 nitrogen and oxygen atoms in total. The second kappa shape index (κ2) is 6.68. The van der Waals surface area contributed by atoms with Gasteiger partial charge in [-0.1, -0.05) is 6.42 Å². The molecule has 1 heterocycles. The van der Waals surface area contributed by atoms with Gasteiger partial charge in [0.15, 0.2) is 0 Å². The Morgan fingerprint density at radius 2 is 2.38 bits per heavy atom. The highest BCUT2D eigenvalue weighted by atomic mass is 32.2. The molecular formula is C10H21NOS. The summed E-state index contributed by atoms with van der Waals surface area (Å²) in [6.45, 7) is 0.852. The first-order chi connectivity index (χ1) is 6.34. The van der Waals surface area contributed by atoms with Crippen molar-refractivity contribution in [1.82, 2.24) is 0 Å². The lowest BCUT2D eigenvalue weighted by Crippen LogP contribution is -2.34. The quantitative estimate of drug-likeness (QED) is 0.694. The molecule has 2 N–H and O–H groups in total. The minimum absolute atomic E-state index is 0.389. The summed E-state index contributed by atoms with van der Waals surface area (Å²) >= 11 is 2.06. The van der Waals surface area contributed by atoms with Gasteiger partial charge in [0.1, 0.15) is 0 Å². The van der Waals surface area contributed by atoms with Crippen LogP contribution in [0.2, 0.25) is 0 Å². The van der Waals surface area contributed by atoms with E-state index in [0.717, 1.165) is 19.4 Å². The molecule has 0 bridgehead atoms. The predicted molar refractivity (Wildman–Crippen MR) is 59.2 cm³/mol. The van der Waals surface area contributed by atoms with Gasteiger partial charge in [-0.25, -0.2) is 0 Å². The maximum Gasteiger partial charge on any atom is 0.0462 e. The molecule has 0 saturated carbocycles. The second-order valence-corrected chi connectivity index (χ2v) is 5.05. The molecule has 0 radical (unpaired) electrons. The molecule has 1 saturated heterocycles. The summed E-state index contributed by atoms with van der Waals surface area (Å²) in [5, 5.41) is 0.714. The molecule has 1 rings (SSSR count). The first kappa shape index (κ1) is 11.3. The van der Waals surface area contributed by atoms with Crippen LogP contribution in [0.4, 0.5) is 0 Å². The van der Waals surface area contributed by atoms with Crippen molar-refractivity contribution in [3.05, 3.63) is 0 Å². The van der Waals surface area contributed by atoms with Gasteiger partial charge >= 0.3 is 0 Å². The number of methoxy groups -OCH3 is 1. The fourth-order valence-electron chi connectivity index (χ4n) is 1.75. The first-order valence-corrected chi connectivity index (χ1v) is 6.25. The molecule has 2 unspecified atom stereocenters. The Balaban J connectivity index is 2.09. The van der Waals surface area contributed by atoms with Gasteiger partial charge in [-0.15, -0.1) is 0 Å². The Kier molecular flexibility index (Phi) is 5.83. The van der Waals surface area contributed by atoms with E-state index in [1.54, 1.807) is 7.11 Å². The first-order valence-electron chi connectivity index (χ1n) is 5.20. The summed E-state index contributed by atoms with van der Waals surface area (Å²) in [6.07, 6.45) is 6.29. The van der Waals surface area contributed by atoms with Crippen LogP contribution in [0.3, 0.4) is 0 Å². The van der Waals surface area contributed by atoms with Crippen molar-refractivity contribution in [2.45, 2.75) is 43.4 Å². The average molecular weight is 203 g/mol. The minimum Gasteiger partial charge on any atom is -0.385 e. The molecule has 1 aliphatic heterocycles. The predicted octanol–water partition coefficient (Wildman–Crippen LogP) is 2.03. The summed E-state index contributed by atoms with van der Waals surface area (Å²) in [4.78, 5) is 0. The lowest BCUT2D eigenvalue weighted by molar-refractivity contribution is 0.190. The van der Waals surface area contributed by atoms with Gasteiger partial charge in [0.25, 0.3) is 0 Å². The average Bonchev–Trinajstić information content (AvgIpc) is 2.19. The van der Waals surface area contributed by atoms with Gasteiger partial charge in [0, 0.05) is 25.0 Å². The standard InChI is InChI=1S/C10H21NOS/c1-12-7-4-5-9(11)10-6-2-3-8-13-10/h9-10H,2-8,11H2,1H3. The normalized spacial score (nSPS) is 25.8. The van der Waals surface area contributed by atoms with Crippen molar-refractivity contribution < 1.29 is 4.74 Å². The zero-order valence-corrected chi connectivity index (χ0v) is 9.31. The Morgan fingerprint density at radius 3 is 3.00 bits per heavy atom. The summed E-state index contributed by atoms with van der Waals surface area (Å²) in [7, 11) is 1.75. The molecule has 0 aliphatic carbocycles. The minimum atomic E-state index is 0.389. The lowest BCUT2D eigenvalue weighted by atomic mass is 10.0. The molecule has 1 fully saturated rings. The molecular weight excluding hydrogens is 182 g/mol. The van der Waals surface area contributed by atoms with Crippen LogP contribution < -0.4 is 5.73 Å². The largest absolute Gasteiger partial charge is 0.385 e. The molecule has 0 aromatic rings. The number of thioether (sulfide) groups is 1. The molecule has 13 heavy (non-hydrogen) atoms. The van der Waals surface area contributed by atoms with Gasteiger partial charge in [-0.05, 0) is 31.4 Å². The van der Waals surface area contributed by atoms with Gasteiger partial charge in [-0.2, -0.15) is 11.8 Å². The molecule has 0 spiro atoms. The van der Waals surface area contributed by atoms with Crippen LogP contribution in [-0.2, 0) is 4.74 Å². The van der Waals surface area contributed by atoms with Gasteiger partial charge in [0.2, 0.25) is 0 Å². The SMILES string of the molecule is COCCCC(N)C1CCCCS1. The van der Waals surface area contributed by atoms with E-state index in [1.165, 1.54) is 25.0 Å². The molecule has 1 aliphatic rings. The van der Waals surface area contributed by atoms with Crippen LogP contribution in [0.15, 0.2) is 0 Å². The Bertz CT molecular complexity index is 126. The maximum atomic E-state index is 6.11. The third-order valence-electron chi connectivity index (χ3n) is 2.58. The van der Waals surface area contributed by atoms with Gasteiger partial charge in [-0.3, -0.25) is 0 Å². The monoisotopic (exact) mass is 203 g/mol. The highest BCUT2D eigenvalue weighted by Gasteiger charge is 2.20. The van der Waals surface area contributed by atoms with Crippen LogP contribution >= 0.6 is 11.8 Å². The zero-order valence-electron chi connectivity index (χ0n) is 8.50. The van der Waals surface area contributed by atoms with Crippen LogP contribution in [-0.4, -0.2) is 30.8 Å². The summed E-state index contributed by atoms with van der Waals surface area (Å²) < 4.78 is 5.02. The maximum absolute atomic E-state index is 6.11. The van der Waals surface area contributed by atoms with E-state index in [1.807, 2.05) is 0 Å². The van der Waals surface area contributed by atoms with Gasteiger partial charge in [0.05, 0.1) is 0 Å². The summed E-state index contributed by atoms with van der Waals surface area (Å²) in [5.41, 5.74) is 6.11. The molecule has 3 heteroatoms. The van der Waals surface area contributed by atoms with E-state index in [4.69, 9.17) is 10.5 Å². The topological polar surface area (TPSA) is 35.2 Å². The van der Waals surface area contributed by atoms with E-state index >= 15 is 0 Å². The number of nitrogens with two attached hydrogens (primary N) is 1. The Hall–Kier alpha value is 0.270. The van der Waals surface area contributed by atoms with Crippen molar-refractivity contribution >= 4 is 11.8 Å². The number of hydrogen-bond donors (Lipinski definition) is 1. The molecule has 0 aromatic heterocycles. The third kappa shape index (κ3) is 4.34. The molecule has 2 atom stereocenters. The fourth-order valence-corrected chi connectivity index (χ4v) is 3.14. The molecule has 0 amide bonds. The van der Waals surface area contributed by atoms with Crippen LogP contribution in [0.5, 0.6) is 0 Å². The number of ether oxygens (including phenoxy) is 1. The van der Waals surface area contributed by atoms with Crippen molar-refractivity contribution in [3.8, 4) is 0 Å². The number of hydrogen-bond acceptors (Lipinski definition) is 3. The lowest BCUT2D eigenvalue weighted by Gasteiger charge is -2.26. The molecule has 0 aromatic carbocycles. The second-order valence-electron chi connectivity index (χ2n) is 3.70. The fraction of sp³-hybridized carbons (Fsp3) is 1.00. The van der Waals surface area contributed by atoms with Crippen LogP contribution in [0.25, 0.3) is 0 Å². The van der Waals surface area contributed by atoms with Crippen LogP contribution in [0, 0.1) is 0 Å². The zero-order chi connectivity index (χ0) is 9.52. The summed E-state index contributed by atoms with van der Waals surface area (Å²) in [6, 6.07) is 0.389. The smallest absolute Gasteiger partial charge is 0.0462 e.